The fraction of sp³-hybridized carbons (Fsp3) is 0.348. The fourth-order valence-corrected chi connectivity index (χ4v) is 3.52. The second-order valence-corrected chi connectivity index (χ2v) is 7.49. The van der Waals surface area contributed by atoms with E-state index in [1.165, 1.54) is 0 Å². The Hall–Kier alpha value is -2.79. The van der Waals surface area contributed by atoms with Crippen LogP contribution in [0.1, 0.15) is 5.56 Å². The minimum atomic E-state index is -1.47. The first-order valence-electron chi connectivity index (χ1n) is 10.3. The van der Waals surface area contributed by atoms with Gasteiger partial charge >= 0.3 is 0 Å². The molecule has 0 bridgehead atoms. The predicted molar refractivity (Wildman–Crippen MR) is 114 cm³/mol. The molecule has 4 rings (SSSR count). The number of hydrogen-bond acceptors (Lipinski definition) is 9. The van der Waals surface area contributed by atoms with Gasteiger partial charge in [0, 0.05) is 12.4 Å². The Balaban J connectivity index is 1.52. The van der Waals surface area contributed by atoms with E-state index in [0.717, 1.165) is 17.0 Å². The van der Waals surface area contributed by atoms with Crippen LogP contribution in [0.4, 0.5) is 0 Å². The van der Waals surface area contributed by atoms with Crippen molar-refractivity contribution < 1.29 is 29.9 Å². The number of ether oxygens (including phenoxy) is 2. The zero-order chi connectivity index (χ0) is 22.5. The van der Waals surface area contributed by atoms with Crippen molar-refractivity contribution in [3.05, 3.63) is 66.5 Å². The summed E-state index contributed by atoms with van der Waals surface area (Å²) in [5.41, 5.74) is 3.74. The molecule has 0 aliphatic carbocycles. The highest BCUT2D eigenvalue weighted by atomic mass is 16.7. The minimum Gasteiger partial charge on any atom is -0.394 e. The van der Waals surface area contributed by atoms with Crippen molar-refractivity contribution in [3.63, 3.8) is 0 Å². The number of aromatic nitrogens is 3. The monoisotopic (exact) mass is 439 g/mol. The first-order valence-corrected chi connectivity index (χ1v) is 10.3. The molecule has 1 aliphatic rings. The summed E-state index contributed by atoms with van der Waals surface area (Å²) < 4.78 is 11.0. The molecule has 1 saturated heterocycles. The SMILES string of the molecule is OC[C@H]1O[C@@H](OCCc2cc(-c3ccccn3)nc(-c3ccccn3)c2)[C@H](O)[C@@H](O)[C@@H]1O. The van der Waals surface area contributed by atoms with E-state index in [1.54, 1.807) is 12.4 Å². The molecular weight excluding hydrogens is 414 g/mol. The van der Waals surface area contributed by atoms with Gasteiger partial charge in [-0.05, 0) is 48.4 Å². The van der Waals surface area contributed by atoms with Gasteiger partial charge in [-0.15, -0.1) is 0 Å². The molecule has 168 valence electrons. The smallest absolute Gasteiger partial charge is 0.186 e. The van der Waals surface area contributed by atoms with Gasteiger partial charge in [-0.3, -0.25) is 9.97 Å². The number of aliphatic hydroxyl groups is 4. The maximum absolute atomic E-state index is 10.1. The molecule has 3 aromatic rings. The summed E-state index contributed by atoms with van der Waals surface area (Å²) in [7, 11) is 0. The van der Waals surface area contributed by atoms with Crippen LogP contribution in [0.25, 0.3) is 22.8 Å². The van der Waals surface area contributed by atoms with Gasteiger partial charge < -0.3 is 29.9 Å². The molecule has 1 aliphatic heterocycles. The Labute approximate surface area is 185 Å². The van der Waals surface area contributed by atoms with E-state index in [0.29, 0.717) is 17.8 Å². The van der Waals surface area contributed by atoms with E-state index < -0.39 is 37.3 Å². The van der Waals surface area contributed by atoms with E-state index in [1.807, 2.05) is 48.5 Å². The quantitative estimate of drug-likeness (QED) is 0.416. The van der Waals surface area contributed by atoms with Gasteiger partial charge in [0.15, 0.2) is 6.29 Å². The van der Waals surface area contributed by atoms with Crippen LogP contribution in [0, 0.1) is 0 Å². The molecule has 5 atom stereocenters. The van der Waals surface area contributed by atoms with Crippen LogP contribution in [0.15, 0.2) is 60.9 Å². The molecule has 3 aromatic heterocycles. The number of hydrogen-bond donors (Lipinski definition) is 4. The number of pyridine rings is 3. The average molecular weight is 439 g/mol. The molecule has 0 amide bonds. The topological polar surface area (TPSA) is 138 Å². The molecular formula is C23H25N3O6. The second-order valence-electron chi connectivity index (χ2n) is 7.49. The summed E-state index contributed by atoms with van der Waals surface area (Å²) in [4.78, 5) is 13.5. The van der Waals surface area contributed by atoms with E-state index in [9.17, 15) is 20.4 Å². The molecule has 0 aromatic carbocycles. The third-order valence-electron chi connectivity index (χ3n) is 5.26. The Morgan fingerprint density at radius 2 is 1.44 bits per heavy atom. The maximum Gasteiger partial charge on any atom is 0.186 e. The van der Waals surface area contributed by atoms with Crippen LogP contribution in [-0.2, 0) is 15.9 Å². The molecule has 0 unspecified atom stereocenters. The Kier molecular flexibility index (Phi) is 7.15. The lowest BCUT2D eigenvalue weighted by Gasteiger charge is -2.39. The summed E-state index contributed by atoms with van der Waals surface area (Å²) in [5, 5.41) is 39.3. The third-order valence-corrected chi connectivity index (χ3v) is 5.26. The standard InChI is InChI=1S/C23H25N3O6/c27-13-19-20(28)21(29)22(30)23(32-19)31-10-7-14-11-17(15-5-1-3-8-24-15)26-18(12-14)16-6-2-4-9-25-16/h1-6,8-9,11-12,19-23,27-30H,7,10,13H2/t19-,20-,21+,22-,23-/m1/s1. The molecule has 0 spiro atoms. The number of rotatable bonds is 7. The van der Waals surface area contributed by atoms with Crippen molar-refractivity contribution in [2.24, 2.45) is 0 Å². The average Bonchev–Trinajstić information content (AvgIpc) is 2.85. The van der Waals surface area contributed by atoms with Crippen molar-refractivity contribution in [2.45, 2.75) is 37.1 Å². The van der Waals surface area contributed by atoms with Crippen LogP contribution in [0.5, 0.6) is 0 Å². The lowest BCUT2D eigenvalue weighted by Crippen LogP contribution is -2.59. The van der Waals surface area contributed by atoms with Crippen molar-refractivity contribution in [3.8, 4) is 22.8 Å². The molecule has 1 fully saturated rings. The molecule has 0 saturated carbocycles. The third kappa shape index (κ3) is 4.99. The van der Waals surface area contributed by atoms with Gasteiger partial charge in [0.1, 0.15) is 24.4 Å². The first-order chi connectivity index (χ1) is 15.6. The molecule has 0 radical (unpaired) electrons. The minimum absolute atomic E-state index is 0.163. The van der Waals surface area contributed by atoms with Crippen molar-refractivity contribution in [1.29, 1.82) is 0 Å². The van der Waals surface area contributed by atoms with Gasteiger partial charge in [0.25, 0.3) is 0 Å². The normalized spacial score (nSPS) is 25.6. The first kappa shape index (κ1) is 22.4. The second kappa shape index (κ2) is 10.2. The lowest BCUT2D eigenvalue weighted by atomic mass is 9.99. The number of nitrogens with zero attached hydrogens (tertiary/aromatic N) is 3. The predicted octanol–water partition coefficient (Wildman–Crippen LogP) is 0.565. The van der Waals surface area contributed by atoms with Crippen LogP contribution >= 0.6 is 0 Å². The molecule has 9 nitrogen and oxygen atoms in total. The summed E-state index contributed by atoms with van der Waals surface area (Å²) in [6.45, 7) is -0.341. The maximum atomic E-state index is 10.1. The molecule has 32 heavy (non-hydrogen) atoms. The highest BCUT2D eigenvalue weighted by Gasteiger charge is 2.43. The van der Waals surface area contributed by atoms with Gasteiger partial charge in [0.05, 0.1) is 36.0 Å². The Morgan fingerprint density at radius 3 is 1.97 bits per heavy atom. The summed E-state index contributed by atoms with van der Waals surface area (Å²) >= 11 is 0. The van der Waals surface area contributed by atoms with Crippen LogP contribution < -0.4 is 0 Å². The van der Waals surface area contributed by atoms with Crippen LogP contribution in [0.3, 0.4) is 0 Å². The zero-order valence-electron chi connectivity index (χ0n) is 17.2. The van der Waals surface area contributed by atoms with Gasteiger partial charge in [-0.25, -0.2) is 4.98 Å². The summed E-state index contributed by atoms with van der Waals surface area (Å²) in [6.07, 6.45) is -2.65. The van der Waals surface area contributed by atoms with E-state index >= 15 is 0 Å². The van der Waals surface area contributed by atoms with Crippen LogP contribution in [-0.4, -0.2) is 79.3 Å². The number of aliphatic hydroxyl groups excluding tert-OH is 4. The molecule has 4 N–H and O–H groups in total. The van der Waals surface area contributed by atoms with Crippen molar-refractivity contribution >= 4 is 0 Å². The van der Waals surface area contributed by atoms with Crippen molar-refractivity contribution in [1.82, 2.24) is 15.0 Å². The zero-order valence-corrected chi connectivity index (χ0v) is 17.2. The van der Waals surface area contributed by atoms with Gasteiger partial charge in [0.2, 0.25) is 0 Å². The van der Waals surface area contributed by atoms with Gasteiger partial charge in [-0.2, -0.15) is 0 Å². The fourth-order valence-electron chi connectivity index (χ4n) is 3.52. The van der Waals surface area contributed by atoms with E-state index in [-0.39, 0.29) is 6.61 Å². The summed E-state index contributed by atoms with van der Waals surface area (Å²) in [5.74, 6) is 0. The van der Waals surface area contributed by atoms with E-state index in [2.05, 4.69) is 9.97 Å². The van der Waals surface area contributed by atoms with Gasteiger partial charge in [-0.1, -0.05) is 12.1 Å². The van der Waals surface area contributed by atoms with E-state index in [4.69, 9.17) is 14.5 Å². The largest absolute Gasteiger partial charge is 0.394 e. The summed E-state index contributed by atoms with van der Waals surface area (Å²) in [6, 6.07) is 15.0. The van der Waals surface area contributed by atoms with Crippen LogP contribution in [0.2, 0.25) is 0 Å². The lowest BCUT2D eigenvalue weighted by molar-refractivity contribution is -0.300. The Bertz CT molecular complexity index is 947. The van der Waals surface area contributed by atoms with Crippen molar-refractivity contribution in [2.75, 3.05) is 13.2 Å². The molecule has 9 heteroatoms. The highest BCUT2D eigenvalue weighted by Crippen LogP contribution is 2.24. The Morgan fingerprint density at radius 1 is 0.812 bits per heavy atom. The molecule has 4 heterocycles. The highest BCUT2D eigenvalue weighted by molar-refractivity contribution is 5.63.